The Kier molecular flexibility index (Phi) is 3.54. The molecule has 4 nitrogen and oxygen atoms in total. The van der Waals surface area contributed by atoms with Crippen LogP contribution in [0.2, 0.25) is 0 Å². The molecule has 0 unspecified atom stereocenters. The number of nitrogens with two attached hydrogens (primary N) is 1. The Hall–Kier alpha value is -1.68. The summed E-state index contributed by atoms with van der Waals surface area (Å²) in [5.41, 5.74) is 7.70. The summed E-state index contributed by atoms with van der Waals surface area (Å²) in [6.45, 7) is 1.60. The van der Waals surface area contributed by atoms with Crippen molar-refractivity contribution in [2.24, 2.45) is 5.73 Å². The van der Waals surface area contributed by atoms with E-state index in [1.165, 1.54) is 0 Å². The fraction of sp³-hybridized carbons (Fsp3) is 0.385. The maximum Gasteiger partial charge on any atom is 0.230 e. The van der Waals surface area contributed by atoms with Gasteiger partial charge in [0, 0.05) is 26.1 Å². The van der Waals surface area contributed by atoms with Crippen LogP contribution in [0, 0.1) is 0 Å². The molecule has 1 amide bonds. The molecule has 0 atom stereocenters. The van der Waals surface area contributed by atoms with Crippen molar-refractivity contribution in [1.82, 2.24) is 4.90 Å². The van der Waals surface area contributed by atoms with E-state index < -0.39 is 0 Å². The molecule has 0 bridgehead atoms. The van der Waals surface area contributed by atoms with Crippen molar-refractivity contribution < 1.29 is 9.59 Å². The predicted molar refractivity (Wildman–Crippen MR) is 64.0 cm³/mol. The van der Waals surface area contributed by atoms with E-state index in [-0.39, 0.29) is 18.1 Å². The lowest BCUT2D eigenvalue weighted by Crippen LogP contribution is -2.38. The molecule has 0 spiro atoms. The van der Waals surface area contributed by atoms with Crippen molar-refractivity contribution in [1.29, 1.82) is 0 Å². The number of piperidine rings is 1. The van der Waals surface area contributed by atoms with Gasteiger partial charge in [-0.15, -0.1) is 0 Å². The number of hydrogen-bond acceptors (Lipinski definition) is 3. The Morgan fingerprint density at radius 1 is 1.24 bits per heavy atom. The third-order valence-electron chi connectivity index (χ3n) is 2.96. The molecular weight excluding hydrogens is 216 g/mol. The van der Waals surface area contributed by atoms with E-state index in [2.05, 4.69) is 0 Å². The molecule has 17 heavy (non-hydrogen) atoms. The second-order valence-electron chi connectivity index (χ2n) is 4.30. The SMILES string of the molecule is NCc1cccc(CN2CCC(=O)CC2=O)c1. The molecule has 1 saturated heterocycles. The summed E-state index contributed by atoms with van der Waals surface area (Å²) in [6, 6.07) is 7.88. The highest BCUT2D eigenvalue weighted by molar-refractivity contribution is 6.00. The van der Waals surface area contributed by atoms with Crippen LogP contribution in [-0.4, -0.2) is 23.1 Å². The number of amides is 1. The van der Waals surface area contributed by atoms with Gasteiger partial charge >= 0.3 is 0 Å². The van der Waals surface area contributed by atoms with Crippen molar-refractivity contribution in [3.8, 4) is 0 Å². The smallest absolute Gasteiger partial charge is 0.230 e. The van der Waals surface area contributed by atoms with Crippen LogP contribution in [0.1, 0.15) is 24.0 Å². The van der Waals surface area contributed by atoms with Crippen molar-refractivity contribution in [3.63, 3.8) is 0 Å². The third-order valence-corrected chi connectivity index (χ3v) is 2.96. The molecule has 1 fully saturated rings. The van der Waals surface area contributed by atoms with Crippen LogP contribution in [-0.2, 0) is 22.7 Å². The number of likely N-dealkylation sites (tertiary alicyclic amines) is 1. The molecule has 0 aromatic heterocycles. The topological polar surface area (TPSA) is 63.4 Å². The zero-order chi connectivity index (χ0) is 12.3. The van der Waals surface area contributed by atoms with Crippen LogP contribution < -0.4 is 5.73 Å². The standard InChI is InChI=1S/C13H16N2O2/c14-8-10-2-1-3-11(6-10)9-15-5-4-12(16)7-13(15)17/h1-3,6H,4-5,7-9,14H2. The molecule has 0 radical (unpaired) electrons. The summed E-state index contributed by atoms with van der Waals surface area (Å²) >= 11 is 0. The van der Waals surface area contributed by atoms with Gasteiger partial charge in [-0.2, -0.15) is 0 Å². The van der Waals surface area contributed by atoms with E-state index in [1.54, 1.807) is 4.90 Å². The van der Waals surface area contributed by atoms with Gasteiger partial charge in [-0.05, 0) is 11.1 Å². The maximum atomic E-state index is 11.6. The van der Waals surface area contributed by atoms with Gasteiger partial charge in [0.2, 0.25) is 5.91 Å². The number of benzene rings is 1. The first-order chi connectivity index (χ1) is 8.19. The molecule has 1 heterocycles. The Balaban J connectivity index is 2.05. The van der Waals surface area contributed by atoms with Gasteiger partial charge in [-0.3, -0.25) is 9.59 Å². The van der Waals surface area contributed by atoms with E-state index in [0.717, 1.165) is 11.1 Å². The minimum absolute atomic E-state index is 0.0435. The quantitative estimate of drug-likeness (QED) is 0.785. The molecular formula is C13H16N2O2. The summed E-state index contributed by atoms with van der Waals surface area (Å²) in [4.78, 5) is 24.5. The average molecular weight is 232 g/mol. The molecule has 2 rings (SSSR count). The van der Waals surface area contributed by atoms with Gasteiger partial charge in [-0.1, -0.05) is 24.3 Å². The highest BCUT2D eigenvalue weighted by Crippen LogP contribution is 2.13. The molecule has 1 aliphatic heterocycles. The van der Waals surface area contributed by atoms with Gasteiger partial charge < -0.3 is 10.6 Å². The average Bonchev–Trinajstić information content (AvgIpc) is 2.33. The van der Waals surface area contributed by atoms with Crippen molar-refractivity contribution in [2.45, 2.75) is 25.9 Å². The first kappa shape index (κ1) is 11.8. The minimum Gasteiger partial charge on any atom is -0.338 e. The normalized spacial score (nSPS) is 16.4. The zero-order valence-corrected chi connectivity index (χ0v) is 9.69. The van der Waals surface area contributed by atoms with E-state index in [4.69, 9.17) is 5.73 Å². The third kappa shape index (κ3) is 2.91. The predicted octanol–water partition coefficient (Wildman–Crippen LogP) is 0.837. The lowest BCUT2D eigenvalue weighted by atomic mass is 10.1. The zero-order valence-electron chi connectivity index (χ0n) is 9.69. The van der Waals surface area contributed by atoms with Gasteiger partial charge in [0.25, 0.3) is 0 Å². The first-order valence-corrected chi connectivity index (χ1v) is 5.76. The number of carbonyl (C=O) groups excluding carboxylic acids is 2. The minimum atomic E-state index is -0.0700. The number of Topliss-reactive ketones (excluding diaryl/α,β-unsaturated/α-hetero) is 1. The second-order valence-corrected chi connectivity index (χ2v) is 4.30. The van der Waals surface area contributed by atoms with E-state index in [1.807, 2.05) is 24.3 Å². The van der Waals surface area contributed by atoms with Crippen LogP contribution in [0.15, 0.2) is 24.3 Å². The van der Waals surface area contributed by atoms with Crippen LogP contribution in [0.4, 0.5) is 0 Å². The van der Waals surface area contributed by atoms with Crippen LogP contribution >= 0.6 is 0 Å². The Labute approximate surface area is 100 Å². The monoisotopic (exact) mass is 232 g/mol. The Morgan fingerprint density at radius 2 is 2.00 bits per heavy atom. The Bertz CT molecular complexity index is 443. The number of ketones is 1. The maximum absolute atomic E-state index is 11.6. The molecule has 90 valence electrons. The Morgan fingerprint density at radius 3 is 2.71 bits per heavy atom. The summed E-state index contributed by atoms with van der Waals surface area (Å²) in [6.07, 6.45) is 0.527. The summed E-state index contributed by atoms with van der Waals surface area (Å²) in [5, 5.41) is 0. The first-order valence-electron chi connectivity index (χ1n) is 5.76. The van der Waals surface area contributed by atoms with Crippen LogP contribution in [0.25, 0.3) is 0 Å². The van der Waals surface area contributed by atoms with E-state index in [0.29, 0.717) is 26.1 Å². The molecule has 0 aliphatic carbocycles. The summed E-state index contributed by atoms with van der Waals surface area (Å²) in [5.74, 6) is -0.0265. The fourth-order valence-electron chi connectivity index (χ4n) is 2.00. The number of carbonyl (C=O) groups is 2. The summed E-state index contributed by atoms with van der Waals surface area (Å²) < 4.78 is 0. The van der Waals surface area contributed by atoms with Gasteiger partial charge in [0.15, 0.2) is 0 Å². The second kappa shape index (κ2) is 5.10. The van der Waals surface area contributed by atoms with Crippen LogP contribution in [0.5, 0.6) is 0 Å². The van der Waals surface area contributed by atoms with E-state index >= 15 is 0 Å². The number of nitrogens with zero attached hydrogens (tertiary/aromatic N) is 1. The largest absolute Gasteiger partial charge is 0.338 e. The molecule has 1 aliphatic rings. The lowest BCUT2D eigenvalue weighted by Gasteiger charge is -2.26. The fourth-order valence-corrected chi connectivity index (χ4v) is 2.00. The number of hydrogen-bond donors (Lipinski definition) is 1. The van der Waals surface area contributed by atoms with Gasteiger partial charge in [0.05, 0.1) is 6.42 Å². The molecule has 0 saturated carbocycles. The molecule has 1 aromatic rings. The van der Waals surface area contributed by atoms with Crippen molar-refractivity contribution in [3.05, 3.63) is 35.4 Å². The molecule has 1 aromatic carbocycles. The highest BCUT2D eigenvalue weighted by atomic mass is 16.2. The highest BCUT2D eigenvalue weighted by Gasteiger charge is 2.23. The van der Waals surface area contributed by atoms with Crippen molar-refractivity contribution >= 4 is 11.7 Å². The van der Waals surface area contributed by atoms with Crippen LogP contribution in [0.3, 0.4) is 0 Å². The number of rotatable bonds is 3. The molecule has 2 N–H and O–H groups in total. The van der Waals surface area contributed by atoms with Gasteiger partial charge in [0.1, 0.15) is 5.78 Å². The lowest BCUT2D eigenvalue weighted by molar-refractivity contribution is -0.139. The molecule has 4 heteroatoms. The van der Waals surface area contributed by atoms with Crippen molar-refractivity contribution in [2.75, 3.05) is 6.54 Å². The summed E-state index contributed by atoms with van der Waals surface area (Å²) in [7, 11) is 0. The van der Waals surface area contributed by atoms with E-state index in [9.17, 15) is 9.59 Å². The van der Waals surface area contributed by atoms with Gasteiger partial charge in [-0.25, -0.2) is 0 Å².